The standard InChI is InChI=1S/C12H16N2O/c1-7(2)9-5-10(8(3)4)14-12-11(9)13-6-15-12/h5-8H,1-4H3. The molecule has 0 aliphatic rings. The predicted molar refractivity (Wildman–Crippen MR) is 60.0 cm³/mol. The number of hydrogen-bond acceptors (Lipinski definition) is 3. The second kappa shape index (κ2) is 3.65. The summed E-state index contributed by atoms with van der Waals surface area (Å²) in [5.41, 5.74) is 3.85. The minimum absolute atomic E-state index is 0.414. The van der Waals surface area contributed by atoms with Crippen LogP contribution in [-0.4, -0.2) is 9.97 Å². The summed E-state index contributed by atoms with van der Waals surface area (Å²) in [5, 5.41) is 0. The Balaban J connectivity index is 2.69. The third kappa shape index (κ3) is 1.74. The molecule has 0 fully saturated rings. The van der Waals surface area contributed by atoms with Gasteiger partial charge in [-0.2, -0.15) is 0 Å². The van der Waals surface area contributed by atoms with E-state index in [1.807, 2.05) is 0 Å². The van der Waals surface area contributed by atoms with Crippen molar-refractivity contribution in [3.05, 3.63) is 23.7 Å². The summed E-state index contributed by atoms with van der Waals surface area (Å²) < 4.78 is 5.28. The maximum absolute atomic E-state index is 5.28. The fraction of sp³-hybridized carbons (Fsp3) is 0.500. The lowest BCUT2D eigenvalue weighted by molar-refractivity contribution is 0.587. The van der Waals surface area contributed by atoms with E-state index in [1.165, 1.54) is 12.0 Å². The molecule has 0 aliphatic heterocycles. The second-order valence-corrected chi connectivity index (χ2v) is 4.45. The Kier molecular flexibility index (Phi) is 2.47. The van der Waals surface area contributed by atoms with Crippen LogP contribution in [0.5, 0.6) is 0 Å². The molecule has 0 bridgehead atoms. The third-order valence-corrected chi connectivity index (χ3v) is 2.57. The van der Waals surface area contributed by atoms with Crippen molar-refractivity contribution in [2.75, 3.05) is 0 Å². The largest absolute Gasteiger partial charge is 0.425 e. The highest BCUT2D eigenvalue weighted by molar-refractivity contribution is 5.73. The first kappa shape index (κ1) is 10.1. The third-order valence-electron chi connectivity index (χ3n) is 2.57. The minimum atomic E-state index is 0.414. The van der Waals surface area contributed by atoms with Crippen LogP contribution in [0.3, 0.4) is 0 Å². The van der Waals surface area contributed by atoms with Gasteiger partial charge in [0, 0.05) is 5.69 Å². The Hall–Kier alpha value is -1.38. The van der Waals surface area contributed by atoms with Crippen molar-refractivity contribution in [3.8, 4) is 0 Å². The highest BCUT2D eigenvalue weighted by atomic mass is 16.3. The average Bonchev–Trinajstić information content (AvgIpc) is 2.62. The van der Waals surface area contributed by atoms with Crippen molar-refractivity contribution in [1.29, 1.82) is 0 Å². The zero-order valence-corrected chi connectivity index (χ0v) is 9.61. The summed E-state index contributed by atoms with van der Waals surface area (Å²) >= 11 is 0. The summed E-state index contributed by atoms with van der Waals surface area (Å²) in [4.78, 5) is 8.66. The van der Waals surface area contributed by atoms with Gasteiger partial charge in [0.2, 0.25) is 5.71 Å². The molecule has 0 saturated heterocycles. The molecule has 0 aromatic carbocycles. The molecule has 2 heterocycles. The molecule has 2 aromatic heterocycles. The molecule has 15 heavy (non-hydrogen) atoms. The molecule has 0 aliphatic carbocycles. The highest BCUT2D eigenvalue weighted by Crippen LogP contribution is 2.26. The van der Waals surface area contributed by atoms with E-state index >= 15 is 0 Å². The summed E-state index contributed by atoms with van der Waals surface area (Å²) in [6, 6.07) is 2.14. The first-order valence-electron chi connectivity index (χ1n) is 5.33. The Bertz CT molecular complexity index is 471. The van der Waals surface area contributed by atoms with Gasteiger partial charge in [-0.05, 0) is 23.5 Å². The molecular formula is C12H16N2O. The fourth-order valence-corrected chi connectivity index (χ4v) is 1.63. The minimum Gasteiger partial charge on any atom is -0.425 e. The van der Waals surface area contributed by atoms with Gasteiger partial charge >= 0.3 is 0 Å². The van der Waals surface area contributed by atoms with Crippen LogP contribution < -0.4 is 0 Å². The van der Waals surface area contributed by atoms with Crippen LogP contribution in [0, 0.1) is 0 Å². The van der Waals surface area contributed by atoms with Crippen molar-refractivity contribution in [3.63, 3.8) is 0 Å². The van der Waals surface area contributed by atoms with Crippen LogP contribution >= 0.6 is 0 Å². The first-order chi connectivity index (χ1) is 7.09. The monoisotopic (exact) mass is 204 g/mol. The summed E-state index contributed by atoms with van der Waals surface area (Å²) in [5.74, 6) is 0.857. The Morgan fingerprint density at radius 3 is 2.47 bits per heavy atom. The maximum Gasteiger partial charge on any atom is 0.247 e. The van der Waals surface area contributed by atoms with E-state index in [9.17, 15) is 0 Å². The Morgan fingerprint density at radius 2 is 1.87 bits per heavy atom. The molecule has 2 aromatic rings. The van der Waals surface area contributed by atoms with Gasteiger partial charge in [-0.15, -0.1) is 0 Å². The van der Waals surface area contributed by atoms with E-state index in [0.29, 0.717) is 17.5 Å². The van der Waals surface area contributed by atoms with Gasteiger partial charge in [0.1, 0.15) is 5.52 Å². The van der Waals surface area contributed by atoms with Gasteiger partial charge in [0.05, 0.1) is 0 Å². The molecule has 0 unspecified atom stereocenters. The maximum atomic E-state index is 5.28. The van der Waals surface area contributed by atoms with E-state index in [0.717, 1.165) is 11.2 Å². The molecular weight excluding hydrogens is 188 g/mol. The van der Waals surface area contributed by atoms with Crippen molar-refractivity contribution < 1.29 is 4.42 Å². The van der Waals surface area contributed by atoms with Gasteiger partial charge in [-0.3, -0.25) is 0 Å². The molecule has 0 N–H and O–H groups in total. The van der Waals surface area contributed by atoms with Crippen molar-refractivity contribution in [1.82, 2.24) is 9.97 Å². The zero-order valence-electron chi connectivity index (χ0n) is 9.61. The lowest BCUT2D eigenvalue weighted by Gasteiger charge is -2.10. The van der Waals surface area contributed by atoms with Gasteiger partial charge in [-0.1, -0.05) is 27.7 Å². The van der Waals surface area contributed by atoms with Crippen LogP contribution in [0.2, 0.25) is 0 Å². The second-order valence-electron chi connectivity index (χ2n) is 4.45. The molecule has 0 atom stereocenters. The number of hydrogen-bond donors (Lipinski definition) is 0. The van der Waals surface area contributed by atoms with Crippen molar-refractivity contribution in [2.45, 2.75) is 39.5 Å². The lowest BCUT2D eigenvalue weighted by atomic mass is 9.99. The van der Waals surface area contributed by atoms with E-state index in [4.69, 9.17) is 4.42 Å². The molecule has 0 radical (unpaired) electrons. The van der Waals surface area contributed by atoms with Crippen molar-refractivity contribution >= 4 is 11.2 Å². The molecule has 3 nitrogen and oxygen atoms in total. The smallest absolute Gasteiger partial charge is 0.247 e. The molecule has 3 heteroatoms. The summed E-state index contributed by atoms with van der Waals surface area (Å²) in [7, 11) is 0. The van der Waals surface area contributed by atoms with Crippen LogP contribution in [-0.2, 0) is 0 Å². The Labute approximate surface area is 89.5 Å². The van der Waals surface area contributed by atoms with Crippen molar-refractivity contribution in [2.24, 2.45) is 0 Å². The normalized spacial score (nSPS) is 11.9. The van der Waals surface area contributed by atoms with E-state index in [2.05, 4.69) is 43.7 Å². The van der Waals surface area contributed by atoms with Crippen LogP contribution in [0.1, 0.15) is 50.8 Å². The summed E-state index contributed by atoms with van der Waals surface area (Å²) in [6.45, 7) is 8.59. The number of aromatic nitrogens is 2. The number of fused-ring (bicyclic) bond motifs is 1. The molecule has 2 rings (SSSR count). The predicted octanol–water partition coefficient (Wildman–Crippen LogP) is 3.47. The molecule has 0 saturated carbocycles. The van der Waals surface area contributed by atoms with Gasteiger partial charge in [0.25, 0.3) is 0 Å². The van der Waals surface area contributed by atoms with E-state index < -0.39 is 0 Å². The molecule has 0 amide bonds. The quantitative estimate of drug-likeness (QED) is 0.751. The average molecular weight is 204 g/mol. The van der Waals surface area contributed by atoms with Gasteiger partial charge < -0.3 is 4.42 Å². The first-order valence-corrected chi connectivity index (χ1v) is 5.33. The topological polar surface area (TPSA) is 38.9 Å². The Morgan fingerprint density at radius 1 is 1.13 bits per heavy atom. The fourth-order valence-electron chi connectivity index (χ4n) is 1.63. The van der Waals surface area contributed by atoms with E-state index in [-0.39, 0.29) is 0 Å². The number of pyridine rings is 1. The molecule has 80 valence electrons. The van der Waals surface area contributed by atoms with Gasteiger partial charge in [0.15, 0.2) is 6.39 Å². The van der Waals surface area contributed by atoms with Crippen LogP contribution in [0.15, 0.2) is 16.9 Å². The van der Waals surface area contributed by atoms with Crippen LogP contribution in [0.25, 0.3) is 11.2 Å². The SMILES string of the molecule is CC(C)c1cc(C(C)C)c2ncoc2n1. The van der Waals surface area contributed by atoms with Gasteiger partial charge in [-0.25, -0.2) is 9.97 Å². The zero-order chi connectivity index (χ0) is 11.0. The summed E-state index contributed by atoms with van der Waals surface area (Å²) in [6.07, 6.45) is 1.47. The number of nitrogens with zero attached hydrogens (tertiary/aromatic N) is 2. The van der Waals surface area contributed by atoms with E-state index in [1.54, 1.807) is 0 Å². The number of rotatable bonds is 2. The number of oxazole rings is 1. The molecule has 0 spiro atoms. The highest BCUT2D eigenvalue weighted by Gasteiger charge is 2.13. The lowest BCUT2D eigenvalue weighted by Crippen LogP contribution is -1.98. The van der Waals surface area contributed by atoms with Crippen LogP contribution in [0.4, 0.5) is 0 Å².